The van der Waals surface area contributed by atoms with Crippen LogP contribution in [0.5, 0.6) is 0 Å². The number of hydrogen-bond donors (Lipinski definition) is 3. The van der Waals surface area contributed by atoms with E-state index in [4.69, 9.17) is 16.7 Å². The highest BCUT2D eigenvalue weighted by Crippen LogP contribution is 2.10. The Kier molecular flexibility index (Phi) is 7.59. The standard InChI is InChI=1S/C18H22ClN3O3S/c19-16-5-1-15(2-6-16)13-22-18(23)10-12-21-11-9-14-3-7-17(8-4-14)26(20,24)25/h1-8,21H,9-13H2,(H,22,23)(H2,20,24,25). The molecule has 2 aromatic carbocycles. The first-order valence-corrected chi connectivity index (χ1v) is 10.1. The van der Waals surface area contributed by atoms with E-state index in [0.717, 1.165) is 17.5 Å². The molecule has 0 aromatic heterocycles. The summed E-state index contributed by atoms with van der Waals surface area (Å²) in [5, 5.41) is 11.8. The number of rotatable bonds is 9. The van der Waals surface area contributed by atoms with Crippen molar-refractivity contribution in [3.8, 4) is 0 Å². The molecule has 0 heterocycles. The van der Waals surface area contributed by atoms with E-state index in [0.29, 0.717) is 31.1 Å². The van der Waals surface area contributed by atoms with Crippen LogP contribution in [0.3, 0.4) is 0 Å². The molecule has 0 spiro atoms. The molecule has 0 bridgehead atoms. The largest absolute Gasteiger partial charge is 0.352 e. The molecule has 0 aliphatic heterocycles. The monoisotopic (exact) mass is 395 g/mol. The van der Waals surface area contributed by atoms with Gasteiger partial charge in [0.1, 0.15) is 0 Å². The van der Waals surface area contributed by atoms with Crippen LogP contribution in [0.2, 0.25) is 5.02 Å². The van der Waals surface area contributed by atoms with Gasteiger partial charge in [-0.25, -0.2) is 13.6 Å². The molecule has 0 atom stereocenters. The Bertz CT molecular complexity index is 822. The third kappa shape index (κ3) is 7.13. The molecule has 140 valence electrons. The number of carbonyl (C=O) groups excluding carboxylic acids is 1. The van der Waals surface area contributed by atoms with Crippen molar-refractivity contribution < 1.29 is 13.2 Å². The molecule has 6 nitrogen and oxygen atoms in total. The van der Waals surface area contributed by atoms with Crippen LogP contribution in [0.15, 0.2) is 53.4 Å². The molecule has 0 unspecified atom stereocenters. The first-order valence-electron chi connectivity index (χ1n) is 8.18. The van der Waals surface area contributed by atoms with Gasteiger partial charge in [0.15, 0.2) is 0 Å². The van der Waals surface area contributed by atoms with E-state index >= 15 is 0 Å². The van der Waals surface area contributed by atoms with E-state index < -0.39 is 10.0 Å². The van der Waals surface area contributed by atoms with Crippen LogP contribution in [0.4, 0.5) is 0 Å². The summed E-state index contributed by atoms with van der Waals surface area (Å²) in [6.45, 7) is 1.74. The van der Waals surface area contributed by atoms with Crippen LogP contribution in [-0.2, 0) is 27.8 Å². The van der Waals surface area contributed by atoms with E-state index in [1.165, 1.54) is 12.1 Å². The van der Waals surface area contributed by atoms with Gasteiger partial charge >= 0.3 is 0 Å². The van der Waals surface area contributed by atoms with Crippen LogP contribution in [-0.4, -0.2) is 27.4 Å². The van der Waals surface area contributed by atoms with Crippen molar-refractivity contribution in [2.75, 3.05) is 13.1 Å². The van der Waals surface area contributed by atoms with Gasteiger partial charge in [0, 0.05) is 24.5 Å². The van der Waals surface area contributed by atoms with Gasteiger partial charge in [-0.2, -0.15) is 0 Å². The molecule has 2 rings (SSSR count). The Hall–Kier alpha value is -1.93. The first-order chi connectivity index (χ1) is 12.3. The van der Waals surface area contributed by atoms with Crippen LogP contribution in [0.25, 0.3) is 0 Å². The molecular formula is C18H22ClN3O3S. The van der Waals surface area contributed by atoms with E-state index in [1.807, 2.05) is 12.1 Å². The number of carbonyl (C=O) groups is 1. The Labute approximate surface area is 158 Å². The Morgan fingerprint density at radius 3 is 2.19 bits per heavy atom. The molecule has 4 N–H and O–H groups in total. The lowest BCUT2D eigenvalue weighted by Gasteiger charge is -2.07. The van der Waals surface area contributed by atoms with Crippen LogP contribution in [0.1, 0.15) is 17.5 Å². The second kappa shape index (κ2) is 9.68. The van der Waals surface area contributed by atoms with Gasteiger partial charge in [0.2, 0.25) is 15.9 Å². The zero-order valence-corrected chi connectivity index (χ0v) is 15.8. The second-order valence-corrected chi connectivity index (χ2v) is 7.84. The van der Waals surface area contributed by atoms with Crippen LogP contribution in [0, 0.1) is 0 Å². The molecule has 0 saturated carbocycles. The number of nitrogens with two attached hydrogens (primary N) is 1. The number of nitrogens with one attached hydrogen (secondary N) is 2. The lowest BCUT2D eigenvalue weighted by atomic mass is 10.1. The Balaban J connectivity index is 1.61. The maximum Gasteiger partial charge on any atom is 0.238 e. The first kappa shape index (κ1) is 20.4. The molecule has 0 aliphatic rings. The van der Waals surface area contributed by atoms with Gasteiger partial charge < -0.3 is 10.6 Å². The fourth-order valence-electron chi connectivity index (χ4n) is 2.30. The van der Waals surface area contributed by atoms with Crippen molar-refractivity contribution in [3.63, 3.8) is 0 Å². The van der Waals surface area contributed by atoms with E-state index in [1.54, 1.807) is 24.3 Å². The third-order valence-electron chi connectivity index (χ3n) is 3.77. The number of halogens is 1. The molecule has 0 aliphatic carbocycles. The fraction of sp³-hybridized carbons (Fsp3) is 0.278. The summed E-state index contributed by atoms with van der Waals surface area (Å²) in [5.41, 5.74) is 2.00. The summed E-state index contributed by atoms with van der Waals surface area (Å²) in [5.74, 6) is -0.0232. The summed E-state index contributed by atoms with van der Waals surface area (Å²) >= 11 is 5.82. The third-order valence-corrected chi connectivity index (χ3v) is 4.96. The summed E-state index contributed by atoms with van der Waals surface area (Å²) in [6, 6.07) is 13.8. The zero-order chi connectivity index (χ0) is 19.0. The van der Waals surface area contributed by atoms with Crippen molar-refractivity contribution in [3.05, 3.63) is 64.7 Å². The van der Waals surface area contributed by atoms with Gasteiger partial charge in [-0.3, -0.25) is 4.79 Å². The summed E-state index contributed by atoms with van der Waals surface area (Å²) in [6.07, 6.45) is 1.12. The quantitative estimate of drug-likeness (QED) is 0.564. The topological polar surface area (TPSA) is 101 Å². The predicted molar refractivity (Wildman–Crippen MR) is 102 cm³/mol. The number of sulfonamides is 1. The minimum atomic E-state index is -3.65. The van der Waals surface area contributed by atoms with Crippen molar-refractivity contribution in [2.24, 2.45) is 5.14 Å². The maximum atomic E-state index is 11.8. The lowest BCUT2D eigenvalue weighted by Crippen LogP contribution is -2.28. The van der Waals surface area contributed by atoms with Crippen molar-refractivity contribution in [1.82, 2.24) is 10.6 Å². The lowest BCUT2D eigenvalue weighted by molar-refractivity contribution is -0.121. The zero-order valence-electron chi connectivity index (χ0n) is 14.2. The summed E-state index contributed by atoms with van der Waals surface area (Å²) in [7, 11) is -3.65. The molecule has 0 saturated heterocycles. The molecule has 8 heteroatoms. The number of hydrogen-bond acceptors (Lipinski definition) is 4. The van der Waals surface area contributed by atoms with Gasteiger partial charge in [0.05, 0.1) is 4.90 Å². The molecule has 26 heavy (non-hydrogen) atoms. The SMILES string of the molecule is NS(=O)(=O)c1ccc(CCNCCC(=O)NCc2ccc(Cl)cc2)cc1. The highest BCUT2D eigenvalue weighted by atomic mass is 35.5. The van der Waals surface area contributed by atoms with Crippen LogP contribution < -0.4 is 15.8 Å². The maximum absolute atomic E-state index is 11.8. The van der Waals surface area contributed by atoms with Crippen molar-refractivity contribution in [2.45, 2.75) is 24.3 Å². The van der Waals surface area contributed by atoms with E-state index in [-0.39, 0.29) is 10.8 Å². The molecule has 1 amide bonds. The summed E-state index contributed by atoms with van der Waals surface area (Å²) in [4.78, 5) is 11.9. The smallest absolute Gasteiger partial charge is 0.238 e. The molecule has 0 radical (unpaired) electrons. The number of amides is 1. The van der Waals surface area contributed by atoms with Crippen molar-refractivity contribution >= 4 is 27.5 Å². The Morgan fingerprint density at radius 2 is 1.58 bits per heavy atom. The fourth-order valence-corrected chi connectivity index (χ4v) is 2.94. The number of primary sulfonamides is 1. The minimum Gasteiger partial charge on any atom is -0.352 e. The molecular weight excluding hydrogens is 374 g/mol. The van der Waals surface area contributed by atoms with Gasteiger partial charge in [-0.05, 0) is 48.4 Å². The average Bonchev–Trinajstić information content (AvgIpc) is 2.60. The Morgan fingerprint density at radius 1 is 0.962 bits per heavy atom. The molecule has 0 fully saturated rings. The highest BCUT2D eigenvalue weighted by Gasteiger charge is 2.06. The number of benzene rings is 2. The summed E-state index contributed by atoms with van der Waals surface area (Å²) < 4.78 is 22.4. The normalized spacial score (nSPS) is 11.3. The van der Waals surface area contributed by atoms with Crippen LogP contribution >= 0.6 is 11.6 Å². The van der Waals surface area contributed by atoms with Gasteiger partial charge in [-0.15, -0.1) is 0 Å². The van der Waals surface area contributed by atoms with Gasteiger partial charge in [-0.1, -0.05) is 35.9 Å². The van der Waals surface area contributed by atoms with Crippen molar-refractivity contribution in [1.29, 1.82) is 0 Å². The van der Waals surface area contributed by atoms with E-state index in [9.17, 15) is 13.2 Å². The average molecular weight is 396 g/mol. The molecule has 2 aromatic rings. The highest BCUT2D eigenvalue weighted by molar-refractivity contribution is 7.89. The second-order valence-electron chi connectivity index (χ2n) is 5.84. The minimum absolute atomic E-state index is 0.0232. The predicted octanol–water partition coefficient (Wildman–Crippen LogP) is 1.83. The van der Waals surface area contributed by atoms with Gasteiger partial charge in [0.25, 0.3) is 0 Å². The van der Waals surface area contributed by atoms with E-state index in [2.05, 4.69) is 10.6 Å².